The van der Waals surface area contributed by atoms with Gasteiger partial charge in [0.15, 0.2) is 0 Å². The van der Waals surface area contributed by atoms with Crippen molar-refractivity contribution < 1.29 is 0 Å². The van der Waals surface area contributed by atoms with E-state index in [0.717, 1.165) is 25.3 Å². The highest BCUT2D eigenvalue weighted by atomic mass is 35.5. The Morgan fingerprint density at radius 3 is 2.81 bits per heavy atom. The van der Waals surface area contributed by atoms with Crippen molar-refractivity contribution >= 4 is 24.8 Å². The number of hydrogen-bond donors (Lipinski definition) is 1. The van der Waals surface area contributed by atoms with E-state index < -0.39 is 0 Å². The van der Waals surface area contributed by atoms with Crippen LogP contribution in [-0.2, 0) is 6.54 Å². The van der Waals surface area contributed by atoms with E-state index in [1.165, 1.54) is 12.8 Å². The Hall–Kier alpha value is -0.350. The topological polar surface area (TPSA) is 42.1 Å². The maximum atomic E-state index is 5.92. The van der Waals surface area contributed by atoms with Crippen molar-refractivity contribution in [2.45, 2.75) is 25.4 Å². The molecule has 0 radical (unpaired) electrons. The van der Waals surface area contributed by atoms with E-state index in [9.17, 15) is 0 Å². The lowest BCUT2D eigenvalue weighted by Crippen LogP contribution is -2.42. The third-order valence-corrected chi connectivity index (χ3v) is 2.65. The fraction of sp³-hybridized carbons (Fsp3) is 0.545. The van der Waals surface area contributed by atoms with Gasteiger partial charge in [0.05, 0.1) is 5.69 Å². The predicted octanol–water partition coefficient (Wildman–Crippen LogP) is 1.85. The van der Waals surface area contributed by atoms with Crippen LogP contribution in [0.5, 0.6) is 0 Å². The number of nitrogens with two attached hydrogens (primary N) is 1. The zero-order valence-electron chi connectivity index (χ0n) is 9.21. The molecule has 1 unspecified atom stereocenters. The summed E-state index contributed by atoms with van der Waals surface area (Å²) in [4.78, 5) is 6.70. The molecule has 1 aromatic rings. The first kappa shape index (κ1) is 15.7. The summed E-state index contributed by atoms with van der Waals surface area (Å²) in [5.41, 5.74) is 7.06. The lowest BCUT2D eigenvalue weighted by atomic mass is 10.1. The van der Waals surface area contributed by atoms with Gasteiger partial charge in [0.2, 0.25) is 0 Å². The first-order valence-corrected chi connectivity index (χ1v) is 5.22. The largest absolute Gasteiger partial charge is 0.327 e. The number of nitrogens with zero attached hydrogens (tertiary/aromatic N) is 2. The Morgan fingerprint density at radius 2 is 2.19 bits per heavy atom. The van der Waals surface area contributed by atoms with Gasteiger partial charge in [-0.2, -0.15) is 0 Å². The minimum absolute atomic E-state index is 0. The van der Waals surface area contributed by atoms with Crippen molar-refractivity contribution in [2.75, 3.05) is 13.1 Å². The molecule has 5 heteroatoms. The molecule has 3 nitrogen and oxygen atoms in total. The van der Waals surface area contributed by atoms with Crippen molar-refractivity contribution in [3.63, 3.8) is 0 Å². The average molecular weight is 264 g/mol. The fourth-order valence-electron chi connectivity index (χ4n) is 1.96. The zero-order valence-corrected chi connectivity index (χ0v) is 10.8. The first-order chi connectivity index (χ1) is 6.84. The molecule has 2 rings (SSSR count). The van der Waals surface area contributed by atoms with Crippen LogP contribution in [0.25, 0.3) is 0 Å². The van der Waals surface area contributed by atoms with Gasteiger partial charge >= 0.3 is 0 Å². The third-order valence-electron chi connectivity index (χ3n) is 2.65. The van der Waals surface area contributed by atoms with Gasteiger partial charge in [0.25, 0.3) is 0 Å². The molecule has 1 aromatic heterocycles. The molecule has 1 aliphatic heterocycles. The molecule has 1 fully saturated rings. The SMILES string of the molecule is Cl.Cl.NC1CCCN(Cc2ccccn2)C1. The van der Waals surface area contributed by atoms with Crippen molar-refractivity contribution in [1.82, 2.24) is 9.88 Å². The van der Waals surface area contributed by atoms with Gasteiger partial charge in [-0.15, -0.1) is 24.8 Å². The van der Waals surface area contributed by atoms with Crippen LogP contribution in [0, 0.1) is 0 Å². The number of likely N-dealkylation sites (tertiary alicyclic amines) is 1. The van der Waals surface area contributed by atoms with Gasteiger partial charge in [0.1, 0.15) is 0 Å². The van der Waals surface area contributed by atoms with Gasteiger partial charge in [-0.05, 0) is 31.5 Å². The third kappa shape index (κ3) is 4.66. The molecule has 0 spiro atoms. The molecule has 0 saturated carbocycles. The van der Waals surface area contributed by atoms with E-state index in [-0.39, 0.29) is 24.8 Å². The maximum Gasteiger partial charge on any atom is 0.0543 e. The van der Waals surface area contributed by atoms with E-state index in [1.807, 2.05) is 18.3 Å². The molecule has 0 amide bonds. The van der Waals surface area contributed by atoms with Crippen LogP contribution in [0.1, 0.15) is 18.5 Å². The molecule has 2 heterocycles. The molecule has 2 N–H and O–H groups in total. The summed E-state index contributed by atoms with van der Waals surface area (Å²) in [6.45, 7) is 3.11. The molecule has 0 bridgehead atoms. The summed E-state index contributed by atoms with van der Waals surface area (Å²) in [5, 5.41) is 0. The Morgan fingerprint density at radius 1 is 1.38 bits per heavy atom. The molecule has 1 atom stereocenters. The molecule has 1 saturated heterocycles. The standard InChI is InChI=1S/C11H17N3.2ClH/c12-10-4-3-7-14(8-10)9-11-5-1-2-6-13-11;;/h1-2,5-6,10H,3-4,7-9,12H2;2*1H. The summed E-state index contributed by atoms with van der Waals surface area (Å²) in [7, 11) is 0. The molecule has 0 aromatic carbocycles. The van der Waals surface area contributed by atoms with E-state index in [1.54, 1.807) is 0 Å². The van der Waals surface area contributed by atoms with Crippen LogP contribution in [0.4, 0.5) is 0 Å². The van der Waals surface area contributed by atoms with Crippen LogP contribution in [0.15, 0.2) is 24.4 Å². The zero-order chi connectivity index (χ0) is 9.80. The number of rotatable bonds is 2. The Kier molecular flexibility index (Phi) is 7.68. The summed E-state index contributed by atoms with van der Waals surface area (Å²) in [5.74, 6) is 0. The van der Waals surface area contributed by atoms with Crippen LogP contribution in [0.2, 0.25) is 0 Å². The second-order valence-corrected chi connectivity index (χ2v) is 3.96. The molecule has 0 aliphatic carbocycles. The highest BCUT2D eigenvalue weighted by Gasteiger charge is 2.16. The summed E-state index contributed by atoms with van der Waals surface area (Å²) < 4.78 is 0. The van der Waals surface area contributed by atoms with Gasteiger partial charge in [0, 0.05) is 25.3 Å². The number of piperidine rings is 1. The van der Waals surface area contributed by atoms with Crippen LogP contribution < -0.4 is 5.73 Å². The molecular formula is C11H19Cl2N3. The summed E-state index contributed by atoms with van der Waals surface area (Å²) >= 11 is 0. The molecular weight excluding hydrogens is 245 g/mol. The second kappa shape index (κ2) is 7.85. The highest BCUT2D eigenvalue weighted by molar-refractivity contribution is 5.85. The Bertz CT molecular complexity index is 282. The van der Waals surface area contributed by atoms with Crippen LogP contribution in [-0.4, -0.2) is 29.0 Å². The van der Waals surface area contributed by atoms with Crippen LogP contribution >= 0.6 is 24.8 Å². The van der Waals surface area contributed by atoms with Gasteiger partial charge in [-0.1, -0.05) is 6.07 Å². The fourth-order valence-corrected chi connectivity index (χ4v) is 1.96. The van der Waals surface area contributed by atoms with E-state index in [2.05, 4.69) is 16.0 Å². The first-order valence-electron chi connectivity index (χ1n) is 5.22. The minimum atomic E-state index is 0. The number of pyridine rings is 1. The van der Waals surface area contributed by atoms with Crippen LogP contribution in [0.3, 0.4) is 0 Å². The maximum absolute atomic E-state index is 5.92. The lowest BCUT2D eigenvalue weighted by Gasteiger charge is -2.30. The predicted molar refractivity (Wildman–Crippen MR) is 71.2 cm³/mol. The van der Waals surface area contributed by atoms with E-state index in [0.29, 0.717) is 6.04 Å². The normalized spacial score (nSPS) is 20.7. The molecule has 1 aliphatic rings. The van der Waals surface area contributed by atoms with Crippen molar-refractivity contribution in [1.29, 1.82) is 0 Å². The van der Waals surface area contributed by atoms with E-state index in [4.69, 9.17) is 5.73 Å². The van der Waals surface area contributed by atoms with Crippen molar-refractivity contribution in [2.24, 2.45) is 5.73 Å². The summed E-state index contributed by atoms with van der Waals surface area (Å²) in [6.07, 6.45) is 4.23. The second-order valence-electron chi connectivity index (χ2n) is 3.96. The van der Waals surface area contributed by atoms with Gasteiger partial charge < -0.3 is 5.73 Å². The number of hydrogen-bond acceptors (Lipinski definition) is 3. The smallest absolute Gasteiger partial charge is 0.0543 e. The highest BCUT2D eigenvalue weighted by Crippen LogP contribution is 2.10. The average Bonchev–Trinajstić information content (AvgIpc) is 2.19. The summed E-state index contributed by atoms with van der Waals surface area (Å²) in [6, 6.07) is 6.41. The molecule has 16 heavy (non-hydrogen) atoms. The van der Waals surface area contributed by atoms with E-state index >= 15 is 0 Å². The Labute approximate surface area is 109 Å². The monoisotopic (exact) mass is 263 g/mol. The molecule has 92 valence electrons. The van der Waals surface area contributed by atoms with Crippen molar-refractivity contribution in [3.05, 3.63) is 30.1 Å². The number of halogens is 2. The lowest BCUT2D eigenvalue weighted by molar-refractivity contribution is 0.199. The van der Waals surface area contributed by atoms with Gasteiger partial charge in [-0.3, -0.25) is 9.88 Å². The quantitative estimate of drug-likeness (QED) is 0.886. The minimum Gasteiger partial charge on any atom is -0.327 e. The van der Waals surface area contributed by atoms with Crippen molar-refractivity contribution in [3.8, 4) is 0 Å². The number of aromatic nitrogens is 1. The Balaban J connectivity index is 0.00000112. The van der Waals surface area contributed by atoms with Gasteiger partial charge in [-0.25, -0.2) is 0 Å².